The highest BCUT2D eigenvalue weighted by molar-refractivity contribution is 6.06. The van der Waals surface area contributed by atoms with Crippen molar-refractivity contribution in [2.45, 2.75) is 6.42 Å². The normalized spacial score (nSPS) is 14.3. The number of para-hydroxylation sites is 1. The molecule has 0 bridgehead atoms. The lowest BCUT2D eigenvalue weighted by molar-refractivity contribution is 0.217. The number of aromatic nitrogens is 2. The molecule has 4 aromatic rings. The van der Waals surface area contributed by atoms with Crippen LogP contribution in [0.2, 0.25) is 0 Å². The molecule has 0 aliphatic carbocycles. The van der Waals surface area contributed by atoms with E-state index in [0.29, 0.717) is 13.1 Å². The number of nitrogens with one attached hydrogen (secondary N) is 1. The Kier molecular flexibility index (Phi) is 4.01. The van der Waals surface area contributed by atoms with Crippen LogP contribution in [-0.2, 0) is 0 Å². The van der Waals surface area contributed by atoms with Crippen LogP contribution in [0.25, 0.3) is 27.5 Å². The standard InChI is InChI=1S/C22H18N4O2/c27-22(26-11-7-15(8-12-26)19-14-23-9-10-24-19)25-16-5-6-18-17-3-1-2-4-20(17)28-21(18)13-16/h1-7,9-10,13-14H,8,11-12H2,(H,25,27). The van der Waals surface area contributed by atoms with Crippen molar-refractivity contribution < 1.29 is 9.21 Å². The molecule has 2 aromatic heterocycles. The van der Waals surface area contributed by atoms with E-state index in [9.17, 15) is 4.79 Å². The summed E-state index contributed by atoms with van der Waals surface area (Å²) in [6.45, 7) is 1.19. The van der Waals surface area contributed by atoms with Gasteiger partial charge in [0.25, 0.3) is 0 Å². The highest BCUT2D eigenvalue weighted by atomic mass is 16.3. The molecule has 0 spiro atoms. The Hall–Kier alpha value is -3.67. The summed E-state index contributed by atoms with van der Waals surface area (Å²) >= 11 is 0. The van der Waals surface area contributed by atoms with Crippen molar-refractivity contribution >= 4 is 39.2 Å². The van der Waals surface area contributed by atoms with Crippen molar-refractivity contribution in [1.82, 2.24) is 14.9 Å². The number of hydrogen-bond acceptors (Lipinski definition) is 4. The summed E-state index contributed by atoms with van der Waals surface area (Å²) in [5.41, 5.74) is 4.33. The smallest absolute Gasteiger partial charge is 0.322 e. The van der Waals surface area contributed by atoms with Crippen LogP contribution in [0.3, 0.4) is 0 Å². The Balaban J connectivity index is 1.32. The summed E-state index contributed by atoms with van der Waals surface area (Å²) in [5, 5.41) is 5.09. The maximum Gasteiger partial charge on any atom is 0.322 e. The predicted octanol–water partition coefficient (Wildman–Crippen LogP) is 4.70. The molecule has 0 unspecified atom stereocenters. The van der Waals surface area contributed by atoms with Crippen LogP contribution in [0.15, 0.2) is 71.5 Å². The van der Waals surface area contributed by atoms with Crippen LogP contribution >= 0.6 is 0 Å². The van der Waals surface area contributed by atoms with Gasteiger partial charge >= 0.3 is 6.03 Å². The lowest BCUT2D eigenvalue weighted by atomic mass is 10.1. The third-order valence-electron chi connectivity index (χ3n) is 5.02. The summed E-state index contributed by atoms with van der Waals surface area (Å²) in [6, 6.07) is 13.6. The molecular weight excluding hydrogens is 352 g/mol. The van der Waals surface area contributed by atoms with Gasteiger partial charge in [-0.05, 0) is 30.2 Å². The lowest BCUT2D eigenvalue weighted by Gasteiger charge is -2.26. The van der Waals surface area contributed by atoms with Gasteiger partial charge in [-0.25, -0.2) is 4.79 Å². The van der Waals surface area contributed by atoms with Crippen molar-refractivity contribution in [2.24, 2.45) is 0 Å². The minimum Gasteiger partial charge on any atom is -0.456 e. The zero-order valence-corrected chi connectivity index (χ0v) is 15.1. The molecule has 28 heavy (non-hydrogen) atoms. The number of benzene rings is 2. The Labute approximate surface area is 161 Å². The largest absolute Gasteiger partial charge is 0.456 e. The highest BCUT2D eigenvalue weighted by Gasteiger charge is 2.19. The van der Waals surface area contributed by atoms with E-state index >= 15 is 0 Å². The fourth-order valence-electron chi connectivity index (χ4n) is 3.56. The number of carbonyl (C=O) groups is 1. The first kappa shape index (κ1) is 16.5. The Morgan fingerprint density at radius 2 is 1.96 bits per heavy atom. The fourth-order valence-corrected chi connectivity index (χ4v) is 3.56. The van der Waals surface area contributed by atoms with E-state index in [-0.39, 0.29) is 6.03 Å². The number of anilines is 1. The quantitative estimate of drug-likeness (QED) is 0.555. The third kappa shape index (κ3) is 2.99. The zero-order chi connectivity index (χ0) is 18.9. The van der Waals surface area contributed by atoms with E-state index in [2.05, 4.69) is 15.3 Å². The molecule has 2 aromatic carbocycles. The van der Waals surface area contributed by atoms with Gasteiger partial charge in [-0.15, -0.1) is 0 Å². The summed E-state index contributed by atoms with van der Waals surface area (Å²) in [4.78, 5) is 22.9. The Bertz CT molecular complexity index is 1200. The van der Waals surface area contributed by atoms with E-state index < -0.39 is 0 Å². The fraction of sp³-hybridized carbons (Fsp3) is 0.136. The molecule has 5 rings (SSSR count). The molecule has 6 nitrogen and oxygen atoms in total. The van der Waals surface area contributed by atoms with E-state index in [4.69, 9.17) is 4.42 Å². The van der Waals surface area contributed by atoms with Gasteiger partial charge in [0.15, 0.2) is 0 Å². The average molecular weight is 370 g/mol. The van der Waals surface area contributed by atoms with Gasteiger partial charge < -0.3 is 14.6 Å². The van der Waals surface area contributed by atoms with Crippen LogP contribution in [0.1, 0.15) is 12.1 Å². The topological polar surface area (TPSA) is 71.3 Å². The summed E-state index contributed by atoms with van der Waals surface area (Å²) in [7, 11) is 0. The zero-order valence-electron chi connectivity index (χ0n) is 15.1. The number of furan rings is 1. The first-order valence-electron chi connectivity index (χ1n) is 9.20. The van der Waals surface area contributed by atoms with E-state index in [1.54, 1.807) is 23.5 Å². The average Bonchev–Trinajstić information content (AvgIpc) is 3.12. The number of hydrogen-bond donors (Lipinski definition) is 1. The van der Waals surface area contributed by atoms with Gasteiger partial charge in [-0.2, -0.15) is 0 Å². The van der Waals surface area contributed by atoms with Gasteiger partial charge in [0.1, 0.15) is 11.2 Å². The second kappa shape index (κ2) is 6.81. The number of rotatable bonds is 2. The van der Waals surface area contributed by atoms with Gasteiger partial charge in [-0.3, -0.25) is 9.97 Å². The van der Waals surface area contributed by atoms with Crippen molar-refractivity contribution in [3.63, 3.8) is 0 Å². The summed E-state index contributed by atoms with van der Waals surface area (Å²) < 4.78 is 5.90. The Morgan fingerprint density at radius 3 is 2.79 bits per heavy atom. The molecule has 2 amide bonds. The summed E-state index contributed by atoms with van der Waals surface area (Å²) in [6.07, 6.45) is 7.89. The van der Waals surface area contributed by atoms with Gasteiger partial charge in [-0.1, -0.05) is 24.3 Å². The van der Waals surface area contributed by atoms with Crippen molar-refractivity contribution in [2.75, 3.05) is 18.4 Å². The van der Waals surface area contributed by atoms with Crippen molar-refractivity contribution in [3.8, 4) is 0 Å². The number of urea groups is 1. The molecule has 3 heterocycles. The maximum absolute atomic E-state index is 12.6. The lowest BCUT2D eigenvalue weighted by Crippen LogP contribution is -2.37. The van der Waals surface area contributed by atoms with Crippen LogP contribution in [0, 0.1) is 0 Å². The number of carbonyl (C=O) groups excluding carboxylic acids is 1. The van der Waals surface area contributed by atoms with Crippen LogP contribution in [0.4, 0.5) is 10.5 Å². The van der Waals surface area contributed by atoms with Gasteiger partial charge in [0.2, 0.25) is 0 Å². The molecule has 1 aliphatic heterocycles. The monoisotopic (exact) mass is 370 g/mol. The van der Waals surface area contributed by atoms with Crippen LogP contribution in [0.5, 0.6) is 0 Å². The van der Waals surface area contributed by atoms with Crippen LogP contribution < -0.4 is 5.32 Å². The molecule has 0 saturated carbocycles. The molecule has 1 N–H and O–H groups in total. The number of fused-ring (bicyclic) bond motifs is 3. The van der Waals surface area contributed by atoms with Crippen molar-refractivity contribution in [1.29, 1.82) is 0 Å². The highest BCUT2D eigenvalue weighted by Crippen LogP contribution is 2.30. The van der Waals surface area contributed by atoms with Crippen molar-refractivity contribution in [3.05, 3.63) is 72.8 Å². The Morgan fingerprint density at radius 1 is 1.07 bits per heavy atom. The number of nitrogens with zero attached hydrogens (tertiary/aromatic N) is 3. The first-order valence-corrected chi connectivity index (χ1v) is 9.20. The molecule has 0 saturated heterocycles. The molecule has 138 valence electrons. The second-order valence-electron chi connectivity index (χ2n) is 6.76. The number of amides is 2. The molecule has 6 heteroatoms. The molecule has 1 aliphatic rings. The minimum atomic E-state index is -0.120. The van der Waals surface area contributed by atoms with E-state index in [1.807, 2.05) is 48.5 Å². The summed E-state index contributed by atoms with van der Waals surface area (Å²) in [5.74, 6) is 0. The van der Waals surface area contributed by atoms with E-state index in [1.165, 1.54) is 0 Å². The third-order valence-corrected chi connectivity index (χ3v) is 5.02. The van der Waals surface area contributed by atoms with E-state index in [0.717, 1.165) is 45.3 Å². The second-order valence-corrected chi connectivity index (χ2v) is 6.76. The van der Waals surface area contributed by atoms with Gasteiger partial charge in [0, 0.05) is 48.0 Å². The predicted molar refractivity (Wildman–Crippen MR) is 109 cm³/mol. The van der Waals surface area contributed by atoms with Crippen LogP contribution in [-0.4, -0.2) is 34.0 Å². The first-order chi connectivity index (χ1) is 13.8. The molecule has 0 radical (unpaired) electrons. The molecule has 0 fully saturated rings. The molecule has 0 atom stereocenters. The maximum atomic E-state index is 12.6. The molecular formula is C22H18N4O2. The minimum absolute atomic E-state index is 0.120. The van der Waals surface area contributed by atoms with Gasteiger partial charge in [0.05, 0.1) is 11.9 Å². The SMILES string of the molecule is O=C(Nc1ccc2c(c1)oc1ccccc12)N1CC=C(c2cnccn2)CC1.